The fraction of sp³-hybridized carbons (Fsp3) is 0.600. The number of aromatic nitrogens is 1. The smallest absolute Gasteiger partial charge is 0.326 e. The molecule has 1 fully saturated rings. The number of nitrogens with zero attached hydrogens (tertiary/aromatic N) is 2. The third-order valence-corrected chi connectivity index (χ3v) is 4.58. The lowest BCUT2D eigenvalue weighted by atomic mass is 10.1. The van der Waals surface area contributed by atoms with Crippen LogP contribution in [0.15, 0.2) is 5.38 Å². The number of thiazole rings is 1. The molecule has 8 heteroatoms. The fourth-order valence-electron chi connectivity index (χ4n) is 2.43. The summed E-state index contributed by atoms with van der Waals surface area (Å²) < 4.78 is 0. The van der Waals surface area contributed by atoms with Gasteiger partial charge in [-0.15, -0.1) is 11.3 Å². The highest BCUT2D eigenvalue weighted by molar-refractivity contribution is 7.14. The van der Waals surface area contributed by atoms with Crippen molar-refractivity contribution >= 4 is 34.3 Å². The SMILES string of the molecule is CCCCC(NC(=O)Cc1csc(N2CCCC2=O)n1)C(=O)O. The molecule has 2 rings (SSSR count). The van der Waals surface area contributed by atoms with Crippen molar-refractivity contribution in [3.63, 3.8) is 0 Å². The Morgan fingerprint density at radius 2 is 2.30 bits per heavy atom. The minimum Gasteiger partial charge on any atom is -0.480 e. The number of hydrogen-bond donors (Lipinski definition) is 2. The van der Waals surface area contributed by atoms with Crippen LogP contribution in [-0.2, 0) is 20.8 Å². The molecule has 2 heterocycles. The van der Waals surface area contributed by atoms with Crippen LogP contribution in [0.3, 0.4) is 0 Å². The fourth-order valence-corrected chi connectivity index (χ4v) is 3.30. The average Bonchev–Trinajstić information content (AvgIpc) is 3.11. The third-order valence-electron chi connectivity index (χ3n) is 3.67. The summed E-state index contributed by atoms with van der Waals surface area (Å²) in [6, 6.07) is -0.860. The third kappa shape index (κ3) is 4.75. The lowest BCUT2D eigenvalue weighted by molar-refractivity contribution is -0.142. The molecule has 1 aromatic heterocycles. The molecule has 7 nitrogen and oxygen atoms in total. The number of carboxylic acids is 1. The molecule has 0 saturated carbocycles. The molecule has 1 aliphatic heterocycles. The van der Waals surface area contributed by atoms with E-state index in [1.54, 1.807) is 10.3 Å². The Hall–Kier alpha value is -1.96. The lowest BCUT2D eigenvalue weighted by Gasteiger charge is -2.13. The van der Waals surface area contributed by atoms with E-state index in [9.17, 15) is 14.4 Å². The standard InChI is InChI=1S/C15H21N3O4S/c1-2-3-5-11(14(21)22)17-12(19)8-10-9-23-15(16-10)18-7-4-6-13(18)20/h9,11H,2-8H2,1H3,(H,17,19)(H,21,22). The molecule has 0 aromatic carbocycles. The topological polar surface area (TPSA) is 99.6 Å². The second-order valence-corrected chi connectivity index (χ2v) is 6.38. The van der Waals surface area contributed by atoms with Crippen LogP contribution in [0.4, 0.5) is 5.13 Å². The molecule has 1 aliphatic rings. The molecule has 126 valence electrons. The van der Waals surface area contributed by atoms with Gasteiger partial charge in [0.1, 0.15) is 6.04 Å². The van der Waals surface area contributed by atoms with Crippen molar-refractivity contribution in [1.29, 1.82) is 0 Å². The van der Waals surface area contributed by atoms with Gasteiger partial charge in [0.2, 0.25) is 11.8 Å². The van der Waals surface area contributed by atoms with Gasteiger partial charge in [-0.3, -0.25) is 14.5 Å². The van der Waals surface area contributed by atoms with E-state index in [2.05, 4.69) is 10.3 Å². The van der Waals surface area contributed by atoms with Gasteiger partial charge in [-0.2, -0.15) is 0 Å². The van der Waals surface area contributed by atoms with E-state index in [1.165, 1.54) is 11.3 Å². The quantitative estimate of drug-likeness (QED) is 0.749. The van der Waals surface area contributed by atoms with E-state index in [1.807, 2.05) is 6.92 Å². The summed E-state index contributed by atoms with van der Waals surface area (Å²) in [5.41, 5.74) is 0.557. The Labute approximate surface area is 138 Å². The molecular formula is C15H21N3O4S. The van der Waals surface area contributed by atoms with Crippen LogP contribution >= 0.6 is 11.3 Å². The molecule has 0 spiro atoms. The normalized spacial score (nSPS) is 15.7. The van der Waals surface area contributed by atoms with Gasteiger partial charge < -0.3 is 10.4 Å². The molecule has 2 amide bonds. The van der Waals surface area contributed by atoms with Gasteiger partial charge in [0.15, 0.2) is 5.13 Å². The number of carbonyl (C=O) groups is 3. The van der Waals surface area contributed by atoms with E-state index in [0.29, 0.717) is 30.2 Å². The molecule has 1 atom stereocenters. The van der Waals surface area contributed by atoms with Crippen LogP contribution in [0.1, 0.15) is 44.7 Å². The minimum atomic E-state index is -1.02. The maximum absolute atomic E-state index is 12.0. The number of rotatable bonds is 8. The molecule has 23 heavy (non-hydrogen) atoms. The number of aliphatic carboxylic acids is 1. The summed E-state index contributed by atoms with van der Waals surface area (Å²) in [6.07, 6.45) is 3.42. The zero-order chi connectivity index (χ0) is 16.8. The minimum absolute atomic E-state index is 0.0223. The van der Waals surface area contributed by atoms with Gasteiger partial charge in [-0.1, -0.05) is 19.8 Å². The number of carboxylic acid groups (broad SMARTS) is 1. The van der Waals surface area contributed by atoms with E-state index >= 15 is 0 Å². The Kier molecular flexibility index (Phi) is 6.09. The first-order valence-corrected chi connectivity index (χ1v) is 8.66. The summed E-state index contributed by atoms with van der Waals surface area (Å²) in [5.74, 6) is -1.33. The highest BCUT2D eigenvalue weighted by atomic mass is 32.1. The van der Waals surface area contributed by atoms with Crippen LogP contribution in [0, 0.1) is 0 Å². The number of nitrogens with one attached hydrogen (secondary N) is 1. The second-order valence-electron chi connectivity index (χ2n) is 5.55. The maximum Gasteiger partial charge on any atom is 0.326 e. The number of amides is 2. The highest BCUT2D eigenvalue weighted by Gasteiger charge is 2.25. The Balaban J connectivity index is 1.91. The summed E-state index contributed by atoms with van der Waals surface area (Å²) in [6.45, 7) is 2.63. The number of unbranched alkanes of at least 4 members (excludes halogenated alkanes) is 1. The van der Waals surface area contributed by atoms with Crippen molar-refractivity contribution in [2.24, 2.45) is 0 Å². The average molecular weight is 339 g/mol. The maximum atomic E-state index is 12.0. The van der Waals surface area contributed by atoms with Crippen LogP contribution in [0.25, 0.3) is 0 Å². The first kappa shape index (κ1) is 17.4. The molecule has 0 bridgehead atoms. The van der Waals surface area contributed by atoms with Gasteiger partial charge >= 0.3 is 5.97 Å². The van der Waals surface area contributed by atoms with Crippen molar-refractivity contribution in [3.8, 4) is 0 Å². The monoisotopic (exact) mass is 339 g/mol. The Morgan fingerprint density at radius 3 is 2.91 bits per heavy atom. The predicted octanol–water partition coefficient (Wildman–Crippen LogP) is 1.57. The van der Waals surface area contributed by atoms with Crippen molar-refractivity contribution in [1.82, 2.24) is 10.3 Å². The van der Waals surface area contributed by atoms with Crippen molar-refractivity contribution in [2.45, 2.75) is 51.5 Å². The van der Waals surface area contributed by atoms with E-state index in [0.717, 1.165) is 19.3 Å². The van der Waals surface area contributed by atoms with Crippen LogP contribution in [-0.4, -0.2) is 40.5 Å². The molecule has 1 saturated heterocycles. The van der Waals surface area contributed by atoms with Gasteiger partial charge in [-0.25, -0.2) is 9.78 Å². The van der Waals surface area contributed by atoms with Crippen molar-refractivity contribution in [2.75, 3.05) is 11.4 Å². The molecule has 2 N–H and O–H groups in total. The Morgan fingerprint density at radius 1 is 1.52 bits per heavy atom. The van der Waals surface area contributed by atoms with Crippen molar-refractivity contribution < 1.29 is 19.5 Å². The summed E-state index contributed by atoms with van der Waals surface area (Å²) >= 11 is 1.33. The molecule has 0 radical (unpaired) electrons. The summed E-state index contributed by atoms with van der Waals surface area (Å²) in [4.78, 5) is 40.7. The number of anilines is 1. The van der Waals surface area contributed by atoms with E-state index in [-0.39, 0.29) is 18.2 Å². The van der Waals surface area contributed by atoms with Crippen molar-refractivity contribution in [3.05, 3.63) is 11.1 Å². The lowest BCUT2D eigenvalue weighted by Crippen LogP contribution is -2.41. The molecular weight excluding hydrogens is 318 g/mol. The van der Waals surface area contributed by atoms with Crippen LogP contribution in [0.5, 0.6) is 0 Å². The van der Waals surface area contributed by atoms with Crippen LogP contribution < -0.4 is 10.2 Å². The largest absolute Gasteiger partial charge is 0.480 e. The van der Waals surface area contributed by atoms with Crippen LogP contribution in [0.2, 0.25) is 0 Å². The van der Waals surface area contributed by atoms with E-state index < -0.39 is 12.0 Å². The molecule has 1 aromatic rings. The summed E-state index contributed by atoms with van der Waals surface area (Å²) in [5, 5.41) is 14.0. The van der Waals surface area contributed by atoms with E-state index in [4.69, 9.17) is 5.11 Å². The highest BCUT2D eigenvalue weighted by Crippen LogP contribution is 2.25. The summed E-state index contributed by atoms with van der Waals surface area (Å²) in [7, 11) is 0. The van der Waals surface area contributed by atoms with Gasteiger partial charge in [-0.05, 0) is 12.8 Å². The zero-order valence-corrected chi connectivity index (χ0v) is 13.9. The Bertz CT molecular complexity index is 587. The predicted molar refractivity (Wildman–Crippen MR) is 86.5 cm³/mol. The zero-order valence-electron chi connectivity index (χ0n) is 13.1. The van der Waals surface area contributed by atoms with Gasteiger partial charge in [0.25, 0.3) is 0 Å². The second kappa shape index (κ2) is 8.05. The number of hydrogen-bond acceptors (Lipinski definition) is 5. The van der Waals surface area contributed by atoms with Gasteiger partial charge in [0.05, 0.1) is 12.1 Å². The molecule has 0 aliphatic carbocycles. The van der Waals surface area contributed by atoms with Gasteiger partial charge in [0, 0.05) is 18.3 Å². The molecule has 1 unspecified atom stereocenters. The first-order chi connectivity index (χ1) is 11.0. The number of carbonyl (C=O) groups excluding carboxylic acids is 2. The first-order valence-electron chi connectivity index (χ1n) is 7.78.